The van der Waals surface area contributed by atoms with Crippen LogP contribution in [0.15, 0.2) is 18.2 Å². The molecule has 1 aliphatic heterocycles. The average Bonchev–Trinajstić information content (AvgIpc) is 2.25. The highest BCUT2D eigenvalue weighted by Crippen LogP contribution is 2.15. The lowest BCUT2D eigenvalue weighted by atomic mass is 10.1. The van der Waals surface area contributed by atoms with Crippen LogP contribution in [-0.4, -0.2) is 30.6 Å². The summed E-state index contributed by atoms with van der Waals surface area (Å²) >= 11 is 0. The van der Waals surface area contributed by atoms with Gasteiger partial charge in [0.05, 0.1) is 0 Å². The molecule has 2 nitrogen and oxygen atoms in total. The number of piperazine rings is 1. The molecule has 0 saturated carbocycles. The summed E-state index contributed by atoms with van der Waals surface area (Å²) in [6.07, 6.45) is 0. The first kappa shape index (κ1) is 11.6. The molecule has 3 heteroatoms. The van der Waals surface area contributed by atoms with E-state index in [1.165, 1.54) is 5.56 Å². The van der Waals surface area contributed by atoms with Crippen molar-refractivity contribution in [3.05, 3.63) is 35.1 Å². The van der Waals surface area contributed by atoms with E-state index < -0.39 is 0 Å². The molecule has 0 aliphatic carbocycles. The van der Waals surface area contributed by atoms with E-state index in [2.05, 4.69) is 17.1 Å². The van der Waals surface area contributed by atoms with Gasteiger partial charge in [-0.2, -0.15) is 0 Å². The van der Waals surface area contributed by atoms with Gasteiger partial charge in [-0.25, -0.2) is 4.39 Å². The highest BCUT2D eigenvalue weighted by atomic mass is 19.1. The van der Waals surface area contributed by atoms with Gasteiger partial charge in [-0.3, -0.25) is 4.90 Å². The first-order chi connectivity index (χ1) is 7.66. The van der Waals surface area contributed by atoms with Gasteiger partial charge in [-0.05, 0) is 37.1 Å². The predicted molar refractivity (Wildman–Crippen MR) is 63.9 cm³/mol. The maximum Gasteiger partial charge on any atom is 0.123 e. The number of halogens is 1. The van der Waals surface area contributed by atoms with Crippen molar-refractivity contribution < 1.29 is 4.39 Å². The third-order valence-electron chi connectivity index (χ3n) is 3.32. The molecule has 0 radical (unpaired) electrons. The van der Waals surface area contributed by atoms with Crippen LogP contribution in [0.3, 0.4) is 0 Å². The molecular weight excluding hydrogens is 203 g/mol. The predicted octanol–water partition coefficient (Wildman–Crippen LogP) is 1.93. The van der Waals surface area contributed by atoms with Crippen LogP contribution in [0.5, 0.6) is 0 Å². The minimum atomic E-state index is -0.144. The average molecular weight is 222 g/mol. The molecule has 0 aromatic heterocycles. The molecule has 0 amide bonds. The standard InChI is InChI=1S/C13H19FN2/c1-10-7-13(14)4-3-12(10)9-16-6-5-15-8-11(16)2/h3-4,7,11,15H,5-6,8-9H2,1-2H3. The van der Waals surface area contributed by atoms with Crippen LogP contribution in [0.4, 0.5) is 4.39 Å². The van der Waals surface area contributed by atoms with E-state index in [9.17, 15) is 4.39 Å². The Balaban J connectivity index is 2.07. The third-order valence-corrected chi connectivity index (χ3v) is 3.32. The summed E-state index contributed by atoms with van der Waals surface area (Å²) in [5.41, 5.74) is 2.28. The molecule has 1 aliphatic rings. The van der Waals surface area contributed by atoms with Gasteiger partial charge in [0.1, 0.15) is 5.82 Å². The fourth-order valence-electron chi connectivity index (χ4n) is 2.17. The first-order valence-electron chi connectivity index (χ1n) is 5.86. The van der Waals surface area contributed by atoms with Gasteiger partial charge in [0, 0.05) is 32.2 Å². The number of benzene rings is 1. The SMILES string of the molecule is Cc1cc(F)ccc1CN1CCNCC1C. The topological polar surface area (TPSA) is 15.3 Å². The van der Waals surface area contributed by atoms with Crippen molar-refractivity contribution in [3.8, 4) is 0 Å². The van der Waals surface area contributed by atoms with Crippen LogP contribution in [0, 0.1) is 12.7 Å². The summed E-state index contributed by atoms with van der Waals surface area (Å²) < 4.78 is 13.0. The van der Waals surface area contributed by atoms with Crippen molar-refractivity contribution in [1.82, 2.24) is 10.2 Å². The van der Waals surface area contributed by atoms with Crippen molar-refractivity contribution in [1.29, 1.82) is 0 Å². The molecule has 1 fully saturated rings. The third kappa shape index (κ3) is 2.60. The molecule has 1 aromatic carbocycles. The second-order valence-electron chi connectivity index (χ2n) is 4.59. The zero-order chi connectivity index (χ0) is 11.5. The van der Waals surface area contributed by atoms with Crippen LogP contribution in [0.2, 0.25) is 0 Å². The summed E-state index contributed by atoms with van der Waals surface area (Å²) in [4.78, 5) is 2.44. The van der Waals surface area contributed by atoms with E-state index in [1.807, 2.05) is 13.0 Å². The van der Waals surface area contributed by atoms with Crippen LogP contribution >= 0.6 is 0 Å². The van der Waals surface area contributed by atoms with Crippen LogP contribution < -0.4 is 5.32 Å². The first-order valence-corrected chi connectivity index (χ1v) is 5.86. The monoisotopic (exact) mass is 222 g/mol. The zero-order valence-electron chi connectivity index (χ0n) is 9.96. The molecule has 0 spiro atoms. The summed E-state index contributed by atoms with van der Waals surface area (Å²) in [6.45, 7) is 8.29. The van der Waals surface area contributed by atoms with Crippen molar-refractivity contribution in [3.63, 3.8) is 0 Å². The molecule has 88 valence electrons. The Bertz CT molecular complexity index is 365. The molecule has 1 atom stereocenters. The van der Waals surface area contributed by atoms with E-state index in [-0.39, 0.29) is 5.82 Å². The van der Waals surface area contributed by atoms with Crippen LogP contribution in [0.25, 0.3) is 0 Å². The van der Waals surface area contributed by atoms with Gasteiger partial charge in [0.15, 0.2) is 0 Å². The second kappa shape index (κ2) is 4.93. The molecule has 1 unspecified atom stereocenters. The van der Waals surface area contributed by atoms with Gasteiger partial charge in [-0.15, -0.1) is 0 Å². The Hall–Kier alpha value is -0.930. The highest BCUT2D eigenvalue weighted by Gasteiger charge is 2.18. The van der Waals surface area contributed by atoms with E-state index >= 15 is 0 Å². The van der Waals surface area contributed by atoms with Crippen molar-refractivity contribution in [2.75, 3.05) is 19.6 Å². The number of hydrogen-bond donors (Lipinski definition) is 1. The largest absolute Gasteiger partial charge is 0.314 e. The Kier molecular flexibility index (Phi) is 3.56. The van der Waals surface area contributed by atoms with Crippen molar-refractivity contribution in [2.24, 2.45) is 0 Å². The lowest BCUT2D eigenvalue weighted by molar-refractivity contribution is 0.165. The fraction of sp³-hybridized carbons (Fsp3) is 0.538. The summed E-state index contributed by atoms with van der Waals surface area (Å²) in [5, 5.41) is 3.37. The van der Waals surface area contributed by atoms with E-state index in [1.54, 1.807) is 12.1 Å². The van der Waals surface area contributed by atoms with Gasteiger partial charge in [-0.1, -0.05) is 6.07 Å². The number of nitrogens with zero attached hydrogens (tertiary/aromatic N) is 1. The lowest BCUT2D eigenvalue weighted by Crippen LogP contribution is -2.49. The molecule has 16 heavy (non-hydrogen) atoms. The van der Waals surface area contributed by atoms with E-state index in [0.29, 0.717) is 6.04 Å². The fourth-order valence-corrected chi connectivity index (χ4v) is 2.17. The molecule has 1 saturated heterocycles. The van der Waals surface area contributed by atoms with Gasteiger partial charge in [0.2, 0.25) is 0 Å². The quantitative estimate of drug-likeness (QED) is 0.822. The molecular formula is C13H19FN2. The van der Waals surface area contributed by atoms with Crippen molar-refractivity contribution in [2.45, 2.75) is 26.4 Å². The Labute approximate surface area is 96.5 Å². The summed E-state index contributed by atoms with van der Waals surface area (Å²) in [7, 11) is 0. The maximum atomic E-state index is 13.0. The van der Waals surface area contributed by atoms with E-state index in [0.717, 1.165) is 31.7 Å². The number of aryl methyl sites for hydroxylation is 1. The smallest absolute Gasteiger partial charge is 0.123 e. The number of rotatable bonds is 2. The minimum Gasteiger partial charge on any atom is -0.314 e. The van der Waals surface area contributed by atoms with Crippen LogP contribution in [-0.2, 0) is 6.54 Å². The van der Waals surface area contributed by atoms with Crippen LogP contribution in [0.1, 0.15) is 18.1 Å². The molecule has 1 heterocycles. The van der Waals surface area contributed by atoms with Gasteiger partial charge < -0.3 is 5.32 Å². The second-order valence-corrected chi connectivity index (χ2v) is 4.59. The Morgan fingerprint density at radius 1 is 1.50 bits per heavy atom. The molecule has 0 bridgehead atoms. The molecule has 1 aromatic rings. The van der Waals surface area contributed by atoms with Crippen molar-refractivity contribution >= 4 is 0 Å². The zero-order valence-corrected chi connectivity index (χ0v) is 9.96. The summed E-state index contributed by atoms with van der Waals surface area (Å²) in [6, 6.07) is 5.62. The minimum absolute atomic E-state index is 0.144. The van der Waals surface area contributed by atoms with Gasteiger partial charge >= 0.3 is 0 Å². The maximum absolute atomic E-state index is 13.0. The molecule has 2 rings (SSSR count). The number of hydrogen-bond acceptors (Lipinski definition) is 2. The van der Waals surface area contributed by atoms with Gasteiger partial charge in [0.25, 0.3) is 0 Å². The lowest BCUT2D eigenvalue weighted by Gasteiger charge is -2.34. The Morgan fingerprint density at radius 3 is 3.00 bits per heavy atom. The Morgan fingerprint density at radius 2 is 2.31 bits per heavy atom. The number of nitrogens with one attached hydrogen (secondary N) is 1. The summed E-state index contributed by atoms with van der Waals surface area (Å²) in [5.74, 6) is -0.144. The normalized spacial score (nSPS) is 22.3. The van der Waals surface area contributed by atoms with E-state index in [4.69, 9.17) is 0 Å². The molecule has 1 N–H and O–H groups in total. The highest BCUT2D eigenvalue weighted by molar-refractivity contribution is 5.26.